The van der Waals surface area contributed by atoms with Crippen LogP contribution in [0.5, 0.6) is 0 Å². The molecule has 0 fully saturated rings. The van der Waals surface area contributed by atoms with Gasteiger partial charge in [0.15, 0.2) is 16.8 Å². The van der Waals surface area contributed by atoms with E-state index >= 15 is 0 Å². The number of hydrogen-bond donors (Lipinski definition) is 1. The zero-order valence-corrected chi connectivity index (χ0v) is 18.2. The van der Waals surface area contributed by atoms with Crippen LogP contribution < -0.4 is 5.32 Å². The molecule has 0 saturated heterocycles. The van der Waals surface area contributed by atoms with Crippen molar-refractivity contribution in [1.82, 2.24) is 14.8 Å². The first-order chi connectivity index (χ1) is 14.9. The quantitative estimate of drug-likeness (QED) is 0.431. The molecular weight excluding hydrogens is 415 g/mol. The Balaban J connectivity index is 1.54. The minimum atomic E-state index is -0.353. The molecule has 0 atom stereocenters. The topological polar surface area (TPSA) is 76.9 Å². The molecule has 1 aliphatic rings. The molecule has 6 nitrogen and oxygen atoms in total. The number of benzene rings is 2. The predicted molar refractivity (Wildman–Crippen MR) is 119 cm³/mol. The van der Waals surface area contributed by atoms with E-state index in [1.54, 1.807) is 30.3 Å². The number of carbonyl (C=O) groups is 2. The van der Waals surface area contributed by atoms with Crippen molar-refractivity contribution in [3.63, 3.8) is 0 Å². The van der Waals surface area contributed by atoms with Gasteiger partial charge in [-0.3, -0.25) is 9.59 Å². The fourth-order valence-electron chi connectivity index (χ4n) is 3.54. The van der Waals surface area contributed by atoms with Gasteiger partial charge in [0.2, 0.25) is 5.91 Å². The fourth-order valence-corrected chi connectivity index (χ4v) is 4.38. The number of aryl methyl sites for hydroxylation is 1. The molecular formula is C23H23FN4O2S. The summed E-state index contributed by atoms with van der Waals surface area (Å²) >= 11 is 1.30. The van der Waals surface area contributed by atoms with Crippen LogP contribution in [-0.2, 0) is 17.8 Å². The maximum absolute atomic E-state index is 14.3. The van der Waals surface area contributed by atoms with E-state index in [-0.39, 0.29) is 23.3 Å². The minimum Gasteiger partial charge on any atom is -0.326 e. The summed E-state index contributed by atoms with van der Waals surface area (Å²) < 4.78 is 16.2. The zero-order valence-electron chi connectivity index (χ0n) is 17.4. The van der Waals surface area contributed by atoms with Crippen molar-refractivity contribution in [1.29, 1.82) is 0 Å². The lowest BCUT2D eigenvalue weighted by atomic mass is 9.99. The Morgan fingerprint density at radius 2 is 2.00 bits per heavy atom. The molecule has 4 rings (SSSR count). The van der Waals surface area contributed by atoms with Crippen LogP contribution in [0.15, 0.2) is 47.6 Å². The lowest BCUT2D eigenvalue weighted by molar-refractivity contribution is -0.116. The average Bonchev–Trinajstić information content (AvgIpc) is 3.13. The van der Waals surface area contributed by atoms with Gasteiger partial charge in [0.25, 0.3) is 0 Å². The Labute approximate surface area is 184 Å². The van der Waals surface area contributed by atoms with Crippen molar-refractivity contribution >= 4 is 29.1 Å². The highest BCUT2D eigenvalue weighted by Crippen LogP contribution is 2.28. The van der Waals surface area contributed by atoms with Gasteiger partial charge in [-0.25, -0.2) is 4.39 Å². The first-order valence-corrected chi connectivity index (χ1v) is 11.2. The van der Waals surface area contributed by atoms with Gasteiger partial charge in [-0.05, 0) is 48.2 Å². The van der Waals surface area contributed by atoms with Gasteiger partial charge in [0.1, 0.15) is 5.82 Å². The number of nitrogens with zero attached hydrogens (tertiary/aromatic N) is 3. The van der Waals surface area contributed by atoms with Crippen molar-refractivity contribution in [2.75, 3.05) is 11.1 Å². The smallest absolute Gasteiger partial charge is 0.224 e. The summed E-state index contributed by atoms with van der Waals surface area (Å²) in [5.41, 5.74) is 2.74. The lowest BCUT2D eigenvalue weighted by Gasteiger charge is -2.17. The molecule has 1 N–H and O–H groups in total. The highest BCUT2D eigenvalue weighted by Gasteiger charge is 2.20. The van der Waals surface area contributed by atoms with E-state index in [2.05, 4.69) is 29.4 Å². The summed E-state index contributed by atoms with van der Waals surface area (Å²) in [6.07, 6.45) is 1.06. The number of halogens is 1. The summed E-state index contributed by atoms with van der Waals surface area (Å²) in [6, 6.07) is 11.8. The van der Waals surface area contributed by atoms with Crippen LogP contribution in [0, 0.1) is 11.7 Å². The number of nitrogens with one attached hydrogen (secondary N) is 1. The fraction of sp³-hybridized carbons (Fsp3) is 0.304. The van der Waals surface area contributed by atoms with Gasteiger partial charge in [-0.15, -0.1) is 10.2 Å². The maximum Gasteiger partial charge on any atom is 0.224 e. The summed E-state index contributed by atoms with van der Waals surface area (Å²) in [5, 5.41) is 11.9. The van der Waals surface area contributed by atoms with Crippen LogP contribution in [0.4, 0.5) is 10.1 Å². The predicted octanol–water partition coefficient (Wildman–Crippen LogP) is 4.60. The second-order valence-electron chi connectivity index (χ2n) is 7.92. The second kappa shape index (κ2) is 9.01. The van der Waals surface area contributed by atoms with E-state index in [1.165, 1.54) is 17.8 Å². The van der Waals surface area contributed by atoms with E-state index in [0.29, 0.717) is 47.4 Å². The molecule has 1 amide bonds. The summed E-state index contributed by atoms with van der Waals surface area (Å²) in [7, 11) is 0. The number of hydrogen-bond acceptors (Lipinski definition) is 5. The van der Waals surface area contributed by atoms with Gasteiger partial charge in [-0.2, -0.15) is 0 Å². The summed E-state index contributed by atoms with van der Waals surface area (Å²) in [6.45, 7) is 4.75. The standard InChI is InChI=1S/C23H23FN4O2S/c1-14(2)12-28-22(17-5-3-4-6-18(17)24)26-27-23(28)31-13-20(29)16-7-9-19-15(11-16)8-10-21(30)25-19/h3-7,9,11,14H,8,10,12-13H2,1-2H3,(H,25,30). The van der Waals surface area contributed by atoms with E-state index in [4.69, 9.17) is 0 Å². The first kappa shape index (κ1) is 21.2. The molecule has 0 bridgehead atoms. The number of carbonyl (C=O) groups excluding carboxylic acids is 2. The molecule has 1 aliphatic heterocycles. The number of fused-ring (bicyclic) bond motifs is 1. The number of ketones is 1. The third-order valence-electron chi connectivity index (χ3n) is 5.03. The van der Waals surface area contributed by atoms with Gasteiger partial charge in [-0.1, -0.05) is 37.7 Å². The van der Waals surface area contributed by atoms with Crippen molar-refractivity contribution in [2.45, 2.75) is 38.4 Å². The van der Waals surface area contributed by atoms with Crippen LogP contribution in [0.25, 0.3) is 11.4 Å². The molecule has 0 unspecified atom stereocenters. The monoisotopic (exact) mass is 438 g/mol. The van der Waals surface area contributed by atoms with Crippen LogP contribution in [0.3, 0.4) is 0 Å². The van der Waals surface area contributed by atoms with Gasteiger partial charge in [0.05, 0.1) is 11.3 Å². The van der Waals surface area contributed by atoms with Crippen LogP contribution in [-0.4, -0.2) is 32.2 Å². The van der Waals surface area contributed by atoms with Crippen LogP contribution in [0.1, 0.15) is 36.2 Å². The molecule has 160 valence electrons. The first-order valence-electron chi connectivity index (χ1n) is 10.2. The molecule has 0 aliphatic carbocycles. The molecule has 1 aromatic heterocycles. The highest BCUT2D eigenvalue weighted by atomic mass is 32.2. The van der Waals surface area contributed by atoms with Gasteiger partial charge < -0.3 is 9.88 Å². The van der Waals surface area contributed by atoms with Crippen molar-refractivity contribution in [3.8, 4) is 11.4 Å². The Morgan fingerprint density at radius 1 is 1.19 bits per heavy atom. The largest absolute Gasteiger partial charge is 0.326 e. The molecule has 2 heterocycles. The van der Waals surface area contributed by atoms with E-state index in [0.717, 1.165) is 11.3 Å². The van der Waals surface area contributed by atoms with Crippen molar-refractivity contribution in [3.05, 3.63) is 59.4 Å². The van der Waals surface area contributed by atoms with Gasteiger partial charge in [0, 0.05) is 24.2 Å². The number of rotatable bonds is 7. The number of thioether (sulfide) groups is 1. The SMILES string of the molecule is CC(C)Cn1c(SCC(=O)c2ccc3c(c2)CCC(=O)N3)nnc1-c1ccccc1F. The molecule has 0 saturated carbocycles. The molecule has 0 radical (unpaired) electrons. The maximum atomic E-state index is 14.3. The molecule has 31 heavy (non-hydrogen) atoms. The Morgan fingerprint density at radius 3 is 2.77 bits per heavy atom. The third-order valence-corrected chi connectivity index (χ3v) is 6.00. The van der Waals surface area contributed by atoms with Crippen molar-refractivity contribution < 1.29 is 14.0 Å². The third kappa shape index (κ3) is 4.69. The number of amides is 1. The average molecular weight is 439 g/mol. The molecule has 3 aromatic rings. The second-order valence-corrected chi connectivity index (χ2v) is 8.86. The number of aromatic nitrogens is 3. The van der Waals surface area contributed by atoms with E-state index < -0.39 is 0 Å². The summed E-state index contributed by atoms with van der Waals surface area (Å²) in [4.78, 5) is 24.3. The van der Waals surface area contributed by atoms with Crippen LogP contribution >= 0.6 is 11.8 Å². The molecule has 2 aromatic carbocycles. The van der Waals surface area contributed by atoms with Crippen LogP contribution in [0.2, 0.25) is 0 Å². The van der Waals surface area contributed by atoms with E-state index in [9.17, 15) is 14.0 Å². The summed E-state index contributed by atoms with van der Waals surface area (Å²) in [5.74, 6) is 0.569. The lowest BCUT2D eigenvalue weighted by Crippen LogP contribution is -2.19. The normalized spacial score (nSPS) is 13.2. The molecule has 0 spiro atoms. The van der Waals surface area contributed by atoms with Crippen molar-refractivity contribution in [2.24, 2.45) is 5.92 Å². The Kier molecular flexibility index (Phi) is 6.18. The van der Waals surface area contributed by atoms with Gasteiger partial charge >= 0.3 is 0 Å². The highest BCUT2D eigenvalue weighted by molar-refractivity contribution is 7.99. The van der Waals surface area contributed by atoms with E-state index in [1.807, 2.05) is 10.6 Å². The Bertz CT molecular complexity index is 1140. The molecule has 8 heteroatoms. The zero-order chi connectivity index (χ0) is 22.0. The number of anilines is 1. The Hall–Kier alpha value is -3.00. The number of Topliss-reactive ketones (excluding diaryl/α,β-unsaturated/α-hetero) is 1. The minimum absolute atomic E-state index is 0.00252.